The molecule has 1 heterocycles. The number of amidine groups is 1. The van der Waals surface area contributed by atoms with Crippen molar-refractivity contribution < 1.29 is 8.78 Å². The van der Waals surface area contributed by atoms with Crippen LogP contribution in [0.15, 0.2) is 40.4 Å². The molecule has 1 aliphatic heterocycles. The lowest BCUT2D eigenvalue weighted by Crippen LogP contribution is -2.34. The summed E-state index contributed by atoms with van der Waals surface area (Å²) in [5.41, 5.74) is 6.65. The summed E-state index contributed by atoms with van der Waals surface area (Å²) in [6, 6.07) is 4.11. The van der Waals surface area contributed by atoms with Crippen LogP contribution in [0.5, 0.6) is 0 Å². The van der Waals surface area contributed by atoms with Crippen LogP contribution in [0.3, 0.4) is 0 Å². The zero-order valence-electron chi connectivity index (χ0n) is 14.7. The summed E-state index contributed by atoms with van der Waals surface area (Å²) >= 11 is 1.30. The molecule has 0 bridgehead atoms. The zero-order valence-corrected chi connectivity index (χ0v) is 15.6. The number of allylic oxidation sites excluding steroid dienone is 1. The van der Waals surface area contributed by atoms with Gasteiger partial charge in [-0.2, -0.15) is 0 Å². The number of thioether (sulfide) groups is 1. The minimum Gasteiger partial charge on any atom is -0.400 e. The quantitative estimate of drug-likeness (QED) is 0.729. The number of nitrogens with zero attached hydrogens (tertiary/aromatic N) is 1. The lowest BCUT2D eigenvalue weighted by Gasteiger charge is -2.24. The largest absolute Gasteiger partial charge is 0.400 e. The van der Waals surface area contributed by atoms with Crippen LogP contribution < -0.4 is 11.1 Å². The Morgan fingerprint density at radius 1 is 1.28 bits per heavy atom. The van der Waals surface area contributed by atoms with Crippen molar-refractivity contribution in [3.8, 4) is 0 Å². The smallest absolute Gasteiger partial charge is 0.162 e. The van der Waals surface area contributed by atoms with E-state index in [-0.39, 0.29) is 11.1 Å². The van der Waals surface area contributed by atoms with Gasteiger partial charge in [0.1, 0.15) is 11.6 Å². The normalized spacial score (nSPS) is 14.7. The molecule has 25 heavy (non-hydrogen) atoms. The van der Waals surface area contributed by atoms with Crippen molar-refractivity contribution in [1.82, 2.24) is 5.32 Å². The van der Waals surface area contributed by atoms with Gasteiger partial charge >= 0.3 is 0 Å². The van der Waals surface area contributed by atoms with Crippen molar-refractivity contribution in [2.24, 2.45) is 10.7 Å². The van der Waals surface area contributed by atoms with Crippen molar-refractivity contribution in [1.29, 1.82) is 0 Å². The van der Waals surface area contributed by atoms with Crippen LogP contribution in [0.1, 0.15) is 45.1 Å². The van der Waals surface area contributed by atoms with Gasteiger partial charge in [-0.05, 0) is 30.5 Å². The number of hydrogen-bond donors (Lipinski definition) is 2. The molecule has 0 saturated carbocycles. The fourth-order valence-electron chi connectivity index (χ4n) is 2.81. The first-order chi connectivity index (χ1) is 12.0. The van der Waals surface area contributed by atoms with Crippen LogP contribution in [0, 0.1) is 11.6 Å². The highest BCUT2D eigenvalue weighted by atomic mass is 32.2. The zero-order chi connectivity index (χ0) is 18.4. The fraction of sp³-hybridized carbons (Fsp3) is 0.421. The predicted octanol–water partition coefficient (Wildman–Crippen LogP) is 4.81. The summed E-state index contributed by atoms with van der Waals surface area (Å²) < 4.78 is 28.1. The van der Waals surface area contributed by atoms with Gasteiger partial charge < -0.3 is 11.1 Å². The molecule has 0 spiro atoms. The summed E-state index contributed by atoms with van der Waals surface area (Å²) in [4.78, 5) is 5.02. The summed E-state index contributed by atoms with van der Waals surface area (Å²) in [5.74, 6) is -1.28. The van der Waals surface area contributed by atoms with E-state index >= 15 is 0 Å². The van der Waals surface area contributed by atoms with Gasteiger partial charge in [-0.1, -0.05) is 51.1 Å². The molecule has 6 heteroatoms. The topological polar surface area (TPSA) is 50.4 Å². The summed E-state index contributed by atoms with van der Waals surface area (Å²) in [7, 11) is 0. The molecule has 1 aromatic rings. The Morgan fingerprint density at radius 2 is 1.88 bits per heavy atom. The second-order valence-electron chi connectivity index (χ2n) is 6.07. The maximum Gasteiger partial charge on any atom is 0.162 e. The van der Waals surface area contributed by atoms with E-state index in [9.17, 15) is 8.78 Å². The summed E-state index contributed by atoms with van der Waals surface area (Å²) in [6.07, 6.45) is 4.25. The Hall–Kier alpha value is -1.82. The number of rotatable bonds is 7. The molecule has 3 nitrogen and oxygen atoms in total. The van der Waals surface area contributed by atoms with Crippen molar-refractivity contribution in [3.05, 3.63) is 52.6 Å². The molecule has 2 rings (SSSR count). The minimum atomic E-state index is -0.641. The highest BCUT2D eigenvalue weighted by Crippen LogP contribution is 2.37. The van der Waals surface area contributed by atoms with Gasteiger partial charge in [-0.3, -0.25) is 4.99 Å². The average molecular weight is 365 g/mol. The monoisotopic (exact) mass is 365 g/mol. The van der Waals surface area contributed by atoms with Gasteiger partial charge in [0, 0.05) is 16.6 Å². The first-order valence-corrected chi connectivity index (χ1v) is 9.40. The van der Waals surface area contributed by atoms with E-state index in [1.54, 1.807) is 0 Å². The second kappa shape index (κ2) is 9.04. The summed E-state index contributed by atoms with van der Waals surface area (Å²) in [5, 5.41) is 4.17. The molecule has 136 valence electrons. The highest BCUT2D eigenvalue weighted by molar-refractivity contribution is 8.17. The molecular formula is C19H25F2N3S. The van der Waals surface area contributed by atoms with Crippen LogP contribution in [-0.4, -0.2) is 17.8 Å². The van der Waals surface area contributed by atoms with Gasteiger partial charge in [-0.25, -0.2) is 8.78 Å². The van der Waals surface area contributed by atoms with Crippen LogP contribution >= 0.6 is 11.8 Å². The molecule has 0 amide bonds. The lowest BCUT2D eigenvalue weighted by atomic mass is 10.0. The molecule has 1 aliphatic rings. The van der Waals surface area contributed by atoms with Gasteiger partial charge in [-0.15, -0.1) is 0 Å². The third-order valence-corrected chi connectivity index (χ3v) is 5.18. The molecule has 0 aromatic heterocycles. The Bertz CT molecular complexity index is 672. The molecule has 0 unspecified atom stereocenters. The second-order valence-corrected chi connectivity index (χ2v) is 7.07. The molecule has 0 atom stereocenters. The van der Waals surface area contributed by atoms with E-state index < -0.39 is 11.6 Å². The Labute approximate surface area is 152 Å². The Morgan fingerprint density at radius 3 is 2.44 bits per heavy atom. The van der Waals surface area contributed by atoms with Crippen molar-refractivity contribution in [3.63, 3.8) is 0 Å². The van der Waals surface area contributed by atoms with Crippen molar-refractivity contribution in [2.45, 2.75) is 45.6 Å². The molecular weight excluding hydrogens is 340 g/mol. The number of hydrogen-bond acceptors (Lipinski definition) is 4. The van der Waals surface area contributed by atoms with Crippen molar-refractivity contribution >= 4 is 22.5 Å². The van der Waals surface area contributed by atoms with Crippen LogP contribution in [0.2, 0.25) is 0 Å². The molecule has 0 radical (unpaired) electrons. The number of halogens is 2. The first-order valence-electron chi connectivity index (χ1n) is 8.59. The van der Waals surface area contributed by atoms with Crippen molar-refractivity contribution in [2.75, 3.05) is 6.54 Å². The third kappa shape index (κ3) is 4.84. The molecule has 1 aromatic carbocycles. The van der Waals surface area contributed by atoms with E-state index in [0.717, 1.165) is 30.9 Å². The van der Waals surface area contributed by atoms with Gasteiger partial charge in [0.25, 0.3) is 0 Å². The number of aliphatic imine (C=N–C) groups is 1. The van der Waals surface area contributed by atoms with Crippen LogP contribution in [0.25, 0.3) is 5.57 Å². The van der Waals surface area contributed by atoms with Crippen LogP contribution in [0.4, 0.5) is 8.78 Å². The molecule has 3 N–H and O–H groups in total. The Balaban J connectivity index is 2.18. The predicted molar refractivity (Wildman–Crippen MR) is 103 cm³/mol. The molecule has 0 fully saturated rings. The fourth-order valence-corrected chi connectivity index (χ4v) is 3.78. The third-order valence-electron chi connectivity index (χ3n) is 4.02. The lowest BCUT2D eigenvalue weighted by molar-refractivity contribution is 0.511. The highest BCUT2D eigenvalue weighted by Gasteiger charge is 2.23. The van der Waals surface area contributed by atoms with Gasteiger partial charge in [0.2, 0.25) is 0 Å². The number of benzene rings is 1. The minimum absolute atomic E-state index is 0.132. The van der Waals surface area contributed by atoms with E-state index in [2.05, 4.69) is 30.7 Å². The molecule has 0 aliphatic carbocycles. The Kier molecular flexibility index (Phi) is 7.05. The van der Waals surface area contributed by atoms with Crippen LogP contribution in [-0.2, 0) is 0 Å². The molecule has 0 saturated heterocycles. The SMILES string of the molecule is C=C(C1=C(N)CN=C(NC(CCC)CCC)S1)c1c(F)cccc1F. The standard InChI is InChI=1S/C19H25F2N3S/c1-4-7-13(8-5-2)24-19-23-11-16(22)18(25-19)12(3)17-14(20)9-6-10-15(17)21/h6,9-10,13H,3-5,7-8,11,22H2,1-2H3,(H,23,24). The average Bonchev–Trinajstić information content (AvgIpc) is 2.56. The van der Waals surface area contributed by atoms with E-state index in [1.807, 2.05) is 0 Å². The number of nitrogens with one attached hydrogen (secondary N) is 1. The maximum atomic E-state index is 14.1. The summed E-state index contributed by atoms with van der Waals surface area (Å²) in [6.45, 7) is 8.47. The first kappa shape index (κ1) is 19.5. The van der Waals surface area contributed by atoms with E-state index in [0.29, 0.717) is 23.2 Å². The van der Waals surface area contributed by atoms with Gasteiger partial charge in [0.05, 0.1) is 12.1 Å². The maximum absolute atomic E-state index is 14.1. The van der Waals surface area contributed by atoms with Gasteiger partial charge in [0.15, 0.2) is 5.17 Å². The van der Waals surface area contributed by atoms with E-state index in [1.165, 1.54) is 30.0 Å². The number of nitrogens with two attached hydrogens (primary N) is 1. The van der Waals surface area contributed by atoms with E-state index in [4.69, 9.17) is 5.73 Å².